The number of halogens is 2. The van der Waals surface area contributed by atoms with Crippen LogP contribution < -0.4 is 20.9 Å². The Balaban J connectivity index is 1.51. The van der Waals surface area contributed by atoms with E-state index in [-0.39, 0.29) is 17.1 Å². The van der Waals surface area contributed by atoms with E-state index in [0.717, 1.165) is 12.5 Å². The molecule has 0 saturated carbocycles. The number of aromatic amines is 1. The van der Waals surface area contributed by atoms with Crippen LogP contribution in [0, 0.1) is 11.6 Å². The van der Waals surface area contributed by atoms with E-state index in [1.807, 2.05) is 23.6 Å². The van der Waals surface area contributed by atoms with E-state index in [0.29, 0.717) is 56.1 Å². The van der Waals surface area contributed by atoms with Crippen LogP contribution in [0.15, 0.2) is 43.4 Å². The quantitative estimate of drug-likeness (QED) is 0.333. The zero-order valence-electron chi connectivity index (χ0n) is 18.9. The van der Waals surface area contributed by atoms with Crippen LogP contribution in [0.4, 0.5) is 14.5 Å². The number of aromatic nitrogens is 2. The first-order valence-electron chi connectivity index (χ1n) is 11.2. The molecule has 4 rings (SSSR count). The minimum Gasteiger partial charge on any atom is -0.403 e. The number of hydrogen-bond acceptors (Lipinski definition) is 7. The number of fused-ring (bicyclic) bond motifs is 1. The van der Waals surface area contributed by atoms with E-state index in [1.54, 1.807) is 0 Å². The molecule has 1 fully saturated rings. The third-order valence-electron chi connectivity index (χ3n) is 5.66. The molecule has 0 bridgehead atoms. The van der Waals surface area contributed by atoms with E-state index in [4.69, 9.17) is 9.25 Å². The number of aryl methyl sites for hydroxylation is 1. The van der Waals surface area contributed by atoms with Crippen molar-refractivity contribution in [3.8, 4) is 6.01 Å². The molecule has 0 unspecified atom stereocenters. The first kappa shape index (κ1) is 23.4. The predicted molar refractivity (Wildman–Crippen MR) is 123 cm³/mol. The van der Waals surface area contributed by atoms with Crippen LogP contribution in [0.5, 0.6) is 6.01 Å². The molecule has 34 heavy (non-hydrogen) atoms. The molecule has 1 aromatic carbocycles. The topological polar surface area (TPSA) is 104 Å². The number of hydrogen-bond donors (Lipinski definition) is 1. The highest BCUT2D eigenvalue weighted by Crippen LogP contribution is 2.22. The molecule has 180 valence electrons. The summed E-state index contributed by atoms with van der Waals surface area (Å²) >= 11 is 0. The number of nitrogens with one attached hydrogen (secondary N) is 1. The van der Waals surface area contributed by atoms with Crippen LogP contribution in [-0.2, 0) is 6.42 Å². The highest BCUT2D eigenvalue weighted by molar-refractivity contribution is 5.82. The molecule has 0 atom stereocenters. The van der Waals surface area contributed by atoms with Crippen LogP contribution in [0.25, 0.3) is 11.1 Å². The van der Waals surface area contributed by atoms with Gasteiger partial charge in [0.05, 0.1) is 5.69 Å². The lowest BCUT2D eigenvalue weighted by atomic mass is 10.1. The number of anilines is 1. The number of benzene rings is 1. The number of H-pyrrole nitrogens is 1. The zero-order chi connectivity index (χ0) is 24.2. The van der Waals surface area contributed by atoms with E-state index in [1.165, 1.54) is 18.2 Å². The Hall–Kier alpha value is -3.76. The number of piperazine rings is 1. The summed E-state index contributed by atoms with van der Waals surface area (Å²) in [7, 11) is 0. The molecular formula is C23H25F2N5O4. The summed E-state index contributed by atoms with van der Waals surface area (Å²) in [5.41, 5.74) is -0.290. The zero-order valence-corrected chi connectivity index (χ0v) is 18.9. The first-order valence-corrected chi connectivity index (χ1v) is 11.2. The Morgan fingerprint density at radius 2 is 1.94 bits per heavy atom. The monoisotopic (exact) mass is 473 g/mol. The second-order valence-corrected chi connectivity index (χ2v) is 7.91. The SMILES string of the molecule is CCCC(=NOc1nc2oc(=O)cc(CC)c2c(=O)[nH]1)N1CCN(c2ccc(F)cc2F)CC1. The highest BCUT2D eigenvalue weighted by atomic mass is 19.1. The Labute approximate surface area is 193 Å². The van der Waals surface area contributed by atoms with Gasteiger partial charge in [-0.3, -0.25) is 9.78 Å². The van der Waals surface area contributed by atoms with Gasteiger partial charge in [-0.05, 0) is 30.5 Å². The van der Waals surface area contributed by atoms with E-state index < -0.39 is 22.8 Å². The molecule has 3 heterocycles. The van der Waals surface area contributed by atoms with Crippen molar-refractivity contribution in [2.45, 2.75) is 33.1 Å². The summed E-state index contributed by atoms with van der Waals surface area (Å²) in [6.07, 6.45) is 1.88. The second kappa shape index (κ2) is 10.0. The molecule has 11 heteroatoms. The van der Waals surface area contributed by atoms with Gasteiger partial charge in [0.15, 0.2) is 0 Å². The van der Waals surface area contributed by atoms with Gasteiger partial charge >= 0.3 is 11.6 Å². The van der Waals surface area contributed by atoms with Gasteiger partial charge in [0, 0.05) is 44.7 Å². The van der Waals surface area contributed by atoms with Crippen LogP contribution in [0.3, 0.4) is 0 Å². The summed E-state index contributed by atoms with van der Waals surface area (Å²) in [6, 6.07) is 4.64. The Bertz CT molecular complexity index is 1330. The fourth-order valence-electron chi connectivity index (χ4n) is 3.98. The molecule has 1 aliphatic rings. The molecule has 3 aromatic rings. The fraction of sp³-hybridized carbons (Fsp3) is 0.391. The molecule has 1 saturated heterocycles. The van der Waals surface area contributed by atoms with Gasteiger partial charge in [-0.2, -0.15) is 4.98 Å². The van der Waals surface area contributed by atoms with Crippen molar-refractivity contribution in [1.82, 2.24) is 14.9 Å². The number of rotatable bonds is 6. The van der Waals surface area contributed by atoms with E-state index in [9.17, 15) is 18.4 Å². The molecule has 0 spiro atoms. The van der Waals surface area contributed by atoms with Crippen LogP contribution >= 0.6 is 0 Å². The summed E-state index contributed by atoms with van der Waals surface area (Å²) in [5, 5.41) is 4.40. The molecule has 1 N–H and O–H groups in total. The van der Waals surface area contributed by atoms with Crippen molar-refractivity contribution in [1.29, 1.82) is 0 Å². The first-order chi connectivity index (χ1) is 16.4. The second-order valence-electron chi connectivity index (χ2n) is 7.91. The van der Waals surface area contributed by atoms with Gasteiger partial charge in [0.1, 0.15) is 22.9 Å². The van der Waals surface area contributed by atoms with Crippen molar-refractivity contribution in [3.05, 3.63) is 62.2 Å². The molecule has 0 amide bonds. The Morgan fingerprint density at radius 3 is 2.62 bits per heavy atom. The summed E-state index contributed by atoms with van der Waals surface area (Å²) < 4.78 is 32.4. The van der Waals surface area contributed by atoms with Gasteiger partial charge in [-0.15, -0.1) is 0 Å². The lowest BCUT2D eigenvalue weighted by Gasteiger charge is -2.37. The van der Waals surface area contributed by atoms with Crippen LogP contribution in [0.2, 0.25) is 0 Å². The standard InChI is InChI=1S/C23H25F2N5O4/c1-3-5-18(30-10-8-29(9-11-30)17-7-6-15(24)13-16(17)25)28-34-23-26-21(32)20-14(4-2)12-19(31)33-22(20)27-23/h6-7,12-13H,3-5,8-11H2,1-2H3,(H,26,27,32). The van der Waals surface area contributed by atoms with Crippen molar-refractivity contribution in [3.63, 3.8) is 0 Å². The molecular weight excluding hydrogens is 448 g/mol. The van der Waals surface area contributed by atoms with Gasteiger partial charge in [0.25, 0.3) is 5.56 Å². The van der Waals surface area contributed by atoms with Crippen LogP contribution in [-0.4, -0.2) is 46.9 Å². The highest BCUT2D eigenvalue weighted by Gasteiger charge is 2.22. The largest absolute Gasteiger partial charge is 0.403 e. The normalized spacial score (nSPS) is 14.6. The average molecular weight is 473 g/mol. The minimum absolute atomic E-state index is 0.106. The number of amidine groups is 1. The van der Waals surface area contributed by atoms with Crippen LogP contribution in [0.1, 0.15) is 32.3 Å². The van der Waals surface area contributed by atoms with E-state index in [2.05, 4.69) is 15.1 Å². The Kier molecular flexibility index (Phi) is 6.90. The van der Waals surface area contributed by atoms with E-state index >= 15 is 0 Å². The lowest BCUT2D eigenvalue weighted by molar-refractivity contribution is 0.288. The summed E-state index contributed by atoms with van der Waals surface area (Å²) in [4.78, 5) is 40.2. The van der Waals surface area contributed by atoms with Crippen molar-refractivity contribution in [2.24, 2.45) is 5.16 Å². The third kappa shape index (κ3) is 4.92. The smallest absolute Gasteiger partial charge is 0.337 e. The lowest BCUT2D eigenvalue weighted by Crippen LogP contribution is -2.49. The van der Waals surface area contributed by atoms with Crippen molar-refractivity contribution < 1.29 is 18.0 Å². The Morgan fingerprint density at radius 1 is 1.18 bits per heavy atom. The van der Waals surface area contributed by atoms with Gasteiger partial charge < -0.3 is 19.1 Å². The summed E-state index contributed by atoms with van der Waals surface area (Å²) in [6.45, 7) is 5.95. The molecule has 1 aliphatic heterocycles. The molecule has 9 nitrogen and oxygen atoms in total. The van der Waals surface area contributed by atoms with Gasteiger partial charge in [-0.1, -0.05) is 19.0 Å². The molecule has 0 radical (unpaired) electrons. The molecule has 0 aliphatic carbocycles. The average Bonchev–Trinajstić information content (AvgIpc) is 2.81. The number of nitrogens with zero attached hydrogens (tertiary/aromatic N) is 4. The fourth-order valence-corrected chi connectivity index (χ4v) is 3.98. The maximum atomic E-state index is 14.1. The van der Waals surface area contributed by atoms with Gasteiger partial charge in [0.2, 0.25) is 5.71 Å². The summed E-state index contributed by atoms with van der Waals surface area (Å²) in [5.74, 6) is -0.559. The van der Waals surface area contributed by atoms with Gasteiger partial charge in [-0.25, -0.2) is 13.6 Å². The third-order valence-corrected chi connectivity index (χ3v) is 5.66. The maximum absolute atomic E-state index is 14.1. The minimum atomic E-state index is -0.611. The maximum Gasteiger partial charge on any atom is 0.337 e. The van der Waals surface area contributed by atoms with Crippen molar-refractivity contribution in [2.75, 3.05) is 31.1 Å². The van der Waals surface area contributed by atoms with Crippen molar-refractivity contribution >= 4 is 22.6 Å². The number of oxime groups is 1. The predicted octanol–water partition coefficient (Wildman–Crippen LogP) is 3.03. The molecule has 2 aromatic heterocycles.